The number of amides is 1. The summed E-state index contributed by atoms with van der Waals surface area (Å²) in [6, 6.07) is 5.22. The van der Waals surface area contributed by atoms with E-state index in [4.69, 9.17) is 11.6 Å². The van der Waals surface area contributed by atoms with Crippen LogP contribution in [0, 0.1) is 11.2 Å². The number of fused-ring (bicyclic) bond motifs is 1. The zero-order valence-corrected chi connectivity index (χ0v) is 16.3. The molecule has 29 heavy (non-hydrogen) atoms. The normalized spacial score (nSPS) is 12.3. The fourth-order valence-electron chi connectivity index (χ4n) is 2.48. The number of carbonyl (C=O) groups excluding carboxylic acids is 1. The van der Waals surface area contributed by atoms with E-state index in [9.17, 15) is 22.4 Å². The largest absolute Gasteiger partial charge is 0.417 e. The standard InChI is InChI=1S/C19H15ClF4N4O/c1-18(2,3)16(29)28-17-26-14(20)9-7-8-12(25-15(9)27-17)13-10(19(22,23)24)5-4-6-11(13)21/h4-8H,1-3H3,(H,25,26,27,28,29). The summed E-state index contributed by atoms with van der Waals surface area (Å²) < 4.78 is 54.2. The first-order valence-corrected chi connectivity index (χ1v) is 8.77. The molecule has 5 nitrogen and oxygen atoms in total. The van der Waals surface area contributed by atoms with Gasteiger partial charge in [-0.3, -0.25) is 10.1 Å². The van der Waals surface area contributed by atoms with Crippen LogP contribution in [0.5, 0.6) is 0 Å². The van der Waals surface area contributed by atoms with E-state index >= 15 is 0 Å². The van der Waals surface area contributed by atoms with Crippen molar-refractivity contribution in [2.45, 2.75) is 26.9 Å². The molecule has 0 aliphatic carbocycles. The van der Waals surface area contributed by atoms with Crippen LogP contribution in [0.2, 0.25) is 5.15 Å². The monoisotopic (exact) mass is 426 g/mol. The predicted octanol–water partition coefficient (Wildman–Crippen LogP) is 5.49. The van der Waals surface area contributed by atoms with Gasteiger partial charge in [-0.15, -0.1) is 0 Å². The number of halogens is 5. The van der Waals surface area contributed by atoms with Crippen LogP contribution in [0.25, 0.3) is 22.3 Å². The van der Waals surface area contributed by atoms with Crippen LogP contribution in [0.4, 0.5) is 23.5 Å². The van der Waals surface area contributed by atoms with Crippen LogP contribution >= 0.6 is 11.6 Å². The van der Waals surface area contributed by atoms with Crippen LogP contribution < -0.4 is 5.32 Å². The van der Waals surface area contributed by atoms with E-state index in [1.54, 1.807) is 20.8 Å². The number of carbonyl (C=O) groups is 1. The molecule has 1 N–H and O–H groups in total. The van der Waals surface area contributed by atoms with Gasteiger partial charge in [-0.1, -0.05) is 38.4 Å². The molecule has 0 saturated carbocycles. The maximum Gasteiger partial charge on any atom is 0.417 e. The van der Waals surface area contributed by atoms with Crippen molar-refractivity contribution in [3.05, 3.63) is 46.9 Å². The van der Waals surface area contributed by atoms with Crippen LogP contribution in [-0.2, 0) is 11.0 Å². The number of aromatic nitrogens is 3. The second kappa shape index (κ2) is 7.22. The molecule has 152 valence electrons. The maximum atomic E-state index is 14.3. The van der Waals surface area contributed by atoms with Crippen LogP contribution in [0.15, 0.2) is 30.3 Å². The Bertz CT molecular complexity index is 1110. The minimum atomic E-state index is -4.77. The molecule has 0 aliphatic rings. The quantitative estimate of drug-likeness (QED) is 0.434. The van der Waals surface area contributed by atoms with Crippen LogP contribution in [0.1, 0.15) is 26.3 Å². The highest BCUT2D eigenvalue weighted by atomic mass is 35.5. The second-order valence-electron chi connectivity index (χ2n) is 7.27. The number of hydrogen-bond acceptors (Lipinski definition) is 4. The Kier molecular flexibility index (Phi) is 5.20. The Morgan fingerprint density at radius 2 is 1.72 bits per heavy atom. The molecule has 3 aromatic rings. The first-order valence-electron chi connectivity index (χ1n) is 8.40. The van der Waals surface area contributed by atoms with Crippen molar-refractivity contribution in [2.24, 2.45) is 5.41 Å². The summed E-state index contributed by atoms with van der Waals surface area (Å²) in [4.78, 5) is 24.2. The van der Waals surface area contributed by atoms with E-state index in [1.807, 2.05) is 0 Å². The Labute approximate surface area is 168 Å². The highest BCUT2D eigenvalue weighted by Gasteiger charge is 2.35. The molecule has 0 spiro atoms. The molecule has 0 bridgehead atoms. The van der Waals surface area contributed by atoms with Gasteiger partial charge in [0.15, 0.2) is 5.65 Å². The molecule has 1 amide bonds. The number of pyridine rings is 1. The first-order chi connectivity index (χ1) is 13.4. The van der Waals surface area contributed by atoms with Gasteiger partial charge in [-0.25, -0.2) is 9.37 Å². The van der Waals surface area contributed by atoms with Gasteiger partial charge in [0, 0.05) is 11.0 Å². The molecule has 2 heterocycles. The highest BCUT2D eigenvalue weighted by Crippen LogP contribution is 2.38. The van der Waals surface area contributed by atoms with Crippen molar-refractivity contribution in [3.8, 4) is 11.3 Å². The summed E-state index contributed by atoms with van der Waals surface area (Å²) in [6.07, 6.45) is -4.77. The Morgan fingerprint density at radius 3 is 2.34 bits per heavy atom. The molecule has 0 unspecified atom stereocenters. The molecular weight excluding hydrogens is 412 g/mol. The number of nitrogens with one attached hydrogen (secondary N) is 1. The first kappa shape index (κ1) is 20.9. The fraction of sp³-hybridized carbons (Fsp3) is 0.263. The van der Waals surface area contributed by atoms with E-state index in [-0.39, 0.29) is 27.8 Å². The number of alkyl halides is 3. The van der Waals surface area contributed by atoms with Crippen LogP contribution in [-0.4, -0.2) is 20.9 Å². The number of anilines is 1. The van der Waals surface area contributed by atoms with Gasteiger partial charge in [0.2, 0.25) is 11.9 Å². The summed E-state index contributed by atoms with van der Waals surface area (Å²) >= 11 is 6.10. The van der Waals surface area contributed by atoms with Crippen molar-refractivity contribution in [1.82, 2.24) is 15.0 Å². The maximum absolute atomic E-state index is 14.3. The molecule has 0 saturated heterocycles. The van der Waals surface area contributed by atoms with Gasteiger partial charge in [-0.2, -0.15) is 23.1 Å². The molecule has 0 radical (unpaired) electrons. The molecule has 3 rings (SSSR count). The van der Waals surface area contributed by atoms with Gasteiger partial charge in [0.25, 0.3) is 0 Å². The van der Waals surface area contributed by atoms with E-state index in [2.05, 4.69) is 20.3 Å². The average molecular weight is 427 g/mol. The van der Waals surface area contributed by atoms with E-state index < -0.39 is 34.4 Å². The zero-order chi connectivity index (χ0) is 21.6. The lowest BCUT2D eigenvalue weighted by atomic mass is 9.96. The van der Waals surface area contributed by atoms with E-state index in [1.165, 1.54) is 12.1 Å². The third-order valence-electron chi connectivity index (χ3n) is 3.99. The van der Waals surface area contributed by atoms with Crippen molar-refractivity contribution in [1.29, 1.82) is 0 Å². The van der Waals surface area contributed by atoms with Gasteiger partial charge < -0.3 is 0 Å². The third-order valence-corrected chi connectivity index (χ3v) is 4.28. The molecule has 0 fully saturated rings. The van der Waals surface area contributed by atoms with Gasteiger partial charge in [-0.05, 0) is 24.3 Å². The minimum absolute atomic E-state index is 0.0529. The van der Waals surface area contributed by atoms with Gasteiger partial charge >= 0.3 is 6.18 Å². The smallest absolute Gasteiger partial charge is 0.294 e. The zero-order valence-electron chi connectivity index (χ0n) is 15.5. The van der Waals surface area contributed by atoms with E-state index in [0.29, 0.717) is 0 Å². The number of rotatable bonds is 2. The summed E-state index contributed by atoms with van der Waals surface area (Å²) in [5.74, 6) is -1.62. The summed E-state index contributed by atoms with van der Waals surface area (Å²) in [7, 11) is 0. The second-order valence-corrected chi connectivity index (χ2v) is 7.63. The molecule has 2 aromatic heterocycles. The van der Waals surface area contributed by atoms with Crippen molar-refractivity contribution in [2.75, 3.05) is 5.32 Å². The minimum Gasteiger partial charge on any atom is -0.294 e. The van der Waals surface area contributed by atoms with Gasteiger partial charge in [0.1, 0.15) is 11.0 Å². The number of benzene rings is 1. The van der Waals surface area contributed by atoms with Gasteiger partial charge in [0.05, 0.1) is 16.6 Å². The summed E-state index contributed by atoms with van der Waals surface area (Å²) in [5, 5.41) is 2.67. The van der Waals surface area contributed by atoms with Crippen molar-refractivity contribution < 1.29 is 22.4 Å². The van der Waals surface area contributed by atoms with E-state index in [0.717, 1.165) is 18.2 Å². The Balaban J connectivity index is 2.15. The lowest BCUT2D eigenvalue weighted by Crippen LogP contribution is -2.28. The summed E-state index contributed by atoms with van der Waals surface area (Å²) in [6.45, 7) is 5.04. The molecule has 1 aromatic carbocycles. The third kappa shape index (κ3) is 4.29. The van der Waals surface area contributed by atoms with Crippen molar-refractivity contribution >= 4 is 34.5 Å². The number of hydrogen-bond donors (Lipinski definition) is 1. The molecule has 10 heteroatoms. The van der Waals surface area contributed by atoms with Crippen LogP contribution in [0.3, 0.4) is 0 Å². The Morgan fingerprint density at radius 1 is 1.03 bits per heavy atom. The summed E-state index contributed by atoms with van der Waals surface area (Å²) in [5.41, 5.74) is -2.95. The van der Waals surface area contributed by atoms with Crippen molar-refractivity contribution in [3.63, 3.8) is 0 Å². The molecular formula is C19H15ClF4N4O. The average Bonchev–Trinajstić information content (AvgIpc) is 2.59. The number of nitrogens with zero attached hydrogens (tertiary/aromatic N) is 3. The lowest BCUT2D eigenvalue weighted by molar-refractivity contribution is -0.137. The topological polar surface area (TPSA) is 67.8 Å². The predicted molar refractivity (Wildman–Crippen MR) is 101 cm³/mol. The Hall–Kier alpha value is -2.81. The SMILES string of the molecule is CC(C)(C)C(=O)Nc1nc(Cl)c2ccc(-c3c(F)cccc3C(F)(F)F)nc2n1. The lowest BCUT2D eigenvalue weighted by Gasteiger charge is -2.17. The highest BCUT2D eigenvalue weighted by molar-refractivity contribution is 6.34. The molecule has 0 atom stereocenters. The fourth-order valence-corrected chi connectivity index (χ4v) is 2.71. The molecule has 0 aliphatic heterocycles.